The van der Waals surface area contributed by atoms with Crippen molar-refractivity contribution in [1.82, 2.24) is 0 Å². The number of nitro groups is 1. The van der Waals surface area contributed by atoms with Gasteiger partial charge in [-0.05, 0) is 42.5 Å². The van der Waals surface area contributed by atoms with E-state index in [1.54, 1.807) is 12.1 Å². The summed E-state index contributed by atoms with van der Waals surface area (Å²) in [5.74, 6) is 0. The Morgan fingerprint density at radius 1 is 0.618 bits per heavy atom. The number of benzene rings is 4. The topological polar surface area (TPSA) is 43.1 Å². The molecule has 0 fully saturated rings. The van der Waals surface area contributed by atoms with Crippen molar-refractivity contribution in [1.29, 1.82) is 0 Å². The number of rotatable bonds is 6. The molecule has 34 heavy (non-hydrogen) atoms. The van der Waals surface area contributed by atoms with Crippen molar-refractivity contribution in [2.24, 2.45) is 0 Å². The van der Waals surface area contributed by atoms with E-state index in [0.29, 0.717) is 6.16 Å². The van der Waals surface area contributed by atoms with Gasteiger partial charge in [-0.1, -0.05) is 66.7 Å². The fraction of sp³-hybridized carbons (Fsp3) is 0.0400. The van der Waals surface area contributed by atoms with Crippen LogP contribution >= 0.6 is 63.7 Å². The molecule has 3 nitrogen and oxygen atoms in total. The first-order chi connectivity index (χ1) is 16.2. The molecule has 0 saturated heterocycles. The zero-order valence-corrected chi connectivity index (χ0v) is 26.1. The summed E-state index contributed by atoms with van der Waals surface area (Å²) in [6.45, 7) is 0. The summed E-state index contributed by atoms with van der Waals surface area (Å²) in [5, 5.41) is 15.4. The zero-order chi connectivity index (χ0) is 24.6. The summed E-state index contributed by atoms with van der Waals surface area (Å²) >= 11 is 13.0. The molecule has 0 saturated carbocycles. The summed E-state index contributed by atoms with van der Waals surface area (Å²) in [5.41, 5.74) is -0.304. The van der Waals surface area contributed by atoms with Crippen LogP contribution in [0.4, 0.5) is 5.69 Å². The van der Waals surface area contributed by atoms with Gasteiger partial charge < -0.3 is 0 Å². The fourth-order valence-electron chi connectivity index (χ4n) is 3.85. The van der Waals surface area contributed by atoms with Gasteiger partial charge in [-0.3, -0.25) is 10.1 Å². The summed E-state index contributed by atoms with van der Waals surface area (Å²) < 4.78 is 0. The first kappa shape index (κ1) is 27.7. The van der Waals surface area contributed by atoms with Crippen molar-refractivity contribution in [3.05, 3.63) is 131 Å². The van der Waals surface area contributed by atoms with Crippen molar-refractivity contribution in [2.75, 3.05) is 0 Å². The first-order valence-corrected chi connectivity index (χ1v) is 22.9. The van der Waals surface area contributed by atoms with E-state index >= 15 is 0 Å². The van der Waals surface area contributed by atoms with E-state index in [4.69, 9.17) is 0 Å². The monoisotopic (exact) mass is 770 g/mol. The van der Waals surface area contributed by atoms with Gasteiger partial charge in [0.25, 0.3) is 5.69 Å². The molecule has 179 valence electrons. The van der Waals surface area contributed by atoms with Gasteiger partial charge in [-0.2, -0.15) is 0 Å². The molecule has 4 aromatic carbocycles. The average molecular weight is 774 g/mol. The molecule has 4 aromatic rings. The van der Waals surface area contributed by atoms with E-state index in [9.17, 15) is 10.1 Å². The Labute approximate surface area is 230 Å². The van der Waals surface area contributed by atoms with E-state index in [1.165, 1.54) is 15.9 Å². The van der Waals surface area contributed by atoms with Crippen LogP contribution in [0.25, 0.3) is 0 Å². The Morgan fingerprint density at radius 2 is 0.941 bits per heavy atom. The molecule has 0 aliphatic carbocycles. The number of para-hydroxylation sites is 1. The minimum atomic E-state index is -2.15. The molecular weight excluding hydrogens is 753 g/mol. The van der Waals surface area contributed by atoms with Gasteiger partial charge in [0.05, 0.1) is 10.5 Å². The summed E-state index contributed by atoms with van der Waals surface area (Å²) in [7, 11) is -2.15. The van der Waals surface area contributed by atoms with E-state index < -0.39 is 12.9 Å². The Balaban J connectivity index is 0.000000588. The molecule has 0 aromatic heterocycles. The van der Waals surface area contributed by atoms with Crippen LogP contribution in [0.15, 0.2) is 115 Å². The van der Waals surface area contributed by atoms with Gasteiger partial charge >= 0.3 is 62.1 Å². The van der Waals surface area contributed by atoms with Crippen LogP contribution in [0.1, 0.15) is 5.56 Å². The predicted octanol–water partition coefficient (Wildman–Crippen LogP) is 8.47. The van der Waals surface area contributed by atoms with E-state index in [2.05, 4.69) is 129 Å². The van der Waals surface area contributed by atoms with Crippen LogP contribution in [0.2, 0.25) is 0 Å². The third-order valence-electron chi connectivity index (χ3n) is 5.19. The Hall–Kier alpha value is -0.851. The molecule has 0 N–H and O–H groups in total. The summed E-state index contributed by atoms with van der Waals surface area (Å²) in [6, 6.07) is 38.4. The second-order valence-corrected chi connectivity index (χ2v) is 44.1. The SMILES string of the molecule is O=[N+]([O-])c1ccccc1C[P+](c1ccccc1)(c1ccccc1)c1ccccc1.[Br][Fe-]([Br])([Br])[Br]. The van der Waals surface area contributed by atoms with Gasteiger partial charge in [-0.25, -0.2) is 0 Å². The normalized spacial score (nSPS) is 11.8. The van der Waals surface area contributed by atoms with Crippen LogP contribution in [-0.4, -0.2) is 4.92 Å². The Morgan fingerprint density at radius 3 is 1.29 bits per heavy atom. The van der Waals surface area contributed by atoms with Crippen LogP contribution in [-0.2, 0) is 11.8 Å². The molecule has 0 amide bonds. The average Bonchev–Trinajstić information content (AvgIpc) is 2.83. The molecule has 0 aliphatic heterocycles. The number of nitro benzene ring substituents is 1. The molecule has 0 unspecified atom stereocenters. The van der Waals surface area contributed by atoms with Gasteiger partial charge in [0.15, 0.2) is 0 Å². The van der Waals surface area contributed by atoms with Crippen LogP contribution in [0.3, 0.4) is 0 Å². The zero-order valence-electron chi connectivity index (χ0n) is 17.8. The van der Waals surface area contributed by atoms with E-state index in [0.717, 1.165) is 5.56 Å². The number of hydrogen-bond donors (Lipinski definition) is 0. The molecule has 0 bridgehead atoms. The second kappa shape index (κ2) is 12.9. The molecular formula is C25H21Br4FeNO2P. The van der Waals surface area contributed by atoms with Crippen LogP contribution in [0.5, 0.6) is 0 Å². The van der Waals surface area contributed by atoms with Crippen LogP contribution < -0.4 is 15.9 Å². The van der Waals surface area contributed by atoms with Crippen LogP contribution in [0, 0.1) is 10.1 Å². The van der Waals surface area contributed by atoms with Crippen molar-refractivity contribution in [3.8, 4) is 0 Å². The minimum absolute atomic E-state index is 0.180. The van der Waals surface area contributed by atoms with E-state index in [-0.39, 0.29) is 10.6 Å². The van der Waals surface area contributed by atoms with Gasteiger partial charge in [-0.15, -0.1) is 0 Å². The Bertz CT molecular complexity index is 1110. The third kappa shape index (κ3) is 7.57. The number of hydrogen-bond acceptors (Lipinski definition) is 2. The van der Waals surface area contributed by atoms with Crippen molar-refractivity contribution in [2.45, 2.75) is 6.16 Å². The van der Waals surface area contributed by atoms with E-state index in [1.807, 2.05) is 30.3 Å². The Kier molecular flexibility index (Phi) is 10.5. The standard InChI is InChI=1S/C25H21NO2P.4BrH.Fe/c27-26(28)25-19-11-10-12-21(25)20-29(22-13-4-1-5-14-22,23-15-6-2-7-16-23)24-17-8-3-9-18-24;;;;;/h1-19H,20H2;4*1H;/q+1;;;;;+3/p-4. The van der Waals surface area contributed by atoms with Gasteiger partial charge in [0, 0.05) is 6.07 Å². The second-order valence-electron chi connectivity index (χ2n) is 7.16. The maximum atomic E-state index is 11.7. The quantitative estimate of drug-likeness (QED) is 0.0855. The number of nitrogens with zero attached hydrogens (tertiary/aromatic N) is 1. The molecule has 0 atom stereocenters. The predicted molar refractivity (Wildman–Crippen MR) is 158 cm³/mol. The van der Waals surface area contributed by atoms with Crippen molar-refractivity contribution in [3.63, 3.8) is 0 Å². The first-order valence-electron chi connectivity index (χ1n) is 10.0. The molecule has 0 spiro atoms. The number of halogens is 4. The summed E-state index contributed by atoms with van der Waals surface area (Å²) in [6.07, 6.45) is 0.599. The molecule has 0 aliphatic rings. The maximum absolute atomic E-state index is 11.7. The molecule has 4 rings (SSSR count). The third-order valence-corrected chi connectivity index (χ3v) is 9.54. The van der Waals surface area contributed by atoms with Gasteiger partial charge in [0.1, 0.15) is 29.3 Å². The van der Waals surface area contributed by atoms with Crippen molar-refractivity contribution < 1.29 is 10.5 Å². The molecule has 0 heterocycles. The fourth-order valence-corrected chi connectivity index (χ4v) is 8.11. The molecule has 9 heteroatoms. The summed E-state index contributed by atoms with van der Waals surface area (Å²) in [4.78, 5) is 11.5. The molecule has 0 radical (unpaired) electrons. The van der Waals surface area contributed by atoms with Crippen molar-refractivity contribution >= 4 is 85.3 Å². The van der Waals surface area contributed by atoms with Gasteiger partial charge in [0.2, 0.25) is 0 Å².